The highest BCUT2D eigenvalue weighted by atomic mass is 32.1. The molecule has 8 rings (SSSR count). The van der Waals surface area contributed by atoms with Gasteiger partial charge in [-0.1, -0.05) is 31.2 Å². The summed E-state index contributed by atoms with van der Waals surface area (Å²) in [6.45, 7) is 4.95. The summed E-state index contributed by atoms with van der Waals surface area (Å²) >= 11 is 1.33. The fourth-order valence-corrected chi connectivity index (χ4v) is 12.0. The number of esters is 1. The zero-order valence-corrected chi connectivity index (χ0v) is 35.8. The van der Waals surface area contributed by atoms with Crippen molar-refractivity contribution in [3.8, 4) is 5.75 Å². The lowest BCUT2D eigenvalue weighted by Gasteiger charge is -2.44. The normalized spacial score (nSPS) is 24.1. The van der Waals surface area contributed by atoms with Crippen LogP contribution in [-0.2, 0) is 29.8 Å². The van der Waals surface area contributed by atoms with E-state index < -0.39 is 31.6 Å². The molecular formula is C44H53N6O7PS. The number of hydrogen-bond donors (Lipinski definition) is 2. The summed E-state index contributed by atoms with van der Waals surface area (Å²) in [7, 11) is 0.324. The summed E-state index contributed by atoms with van der Waals surface area (Å²) in [4.78, 5) is 65.7. The van der Waals surface area contributed by atoms with Crippen molar-refractivity contribution < 1.29 is 33.0 Å². The summed E-state index contributed by atoms with van der Waals surface area (Å²) in [6, 6.07) is 16.1. The van der Waals surface area contributed by atoms with Crippen LogP contribution in [-0.4, -0.2) is 96.4 Å². The quantitative estimate of drug-likeness (QED) is 0.105. The third-order valence-corrected chi connectivity index (χ3v) is 15.3. The van der Waals surface area contributed by atoms with Gasteiger partial charge in [0.1, 0.15) is 23.9 Å². The minimum absolute atomic E-state index is 0.00838. The van der Waals surface area contributed by atoms with Gasteiger partial charge in [0.25, 0.3) is 5.91 Å². The Morgan fingerprint density at radius 1 is 1.02 bits per heavy atom. The number of nitrogens with zero attached hydrogens (tertiary/aromatic N) is 4. The van der Waals surface area contributed by atoms with Crippen molar-refractivity contribution in [2.24, 2.45) is 11.8 Å². The van der Waals surface area contributed by atoms with E-state index in [1.807, 2.05) is 67.3 Å². The molecule has 1 unspecified atom stereocenters. The maximum atomic E-state index is 14.5. The second kappa shape index (κ2) is 17.1. The highest BCUT2D eigenvalue weighted by Crippen LogP contribution is 2.50. The van der Waals surface area contributed by atoms with Crippen molar-refractivity contribution in [1.82, 2.24) is 25.2 Å². The van der Waals surface area contributed by atoms with Gasteiger partial charge in [-0.25, -0.2) is 5.09 Å². The number of amides is 3. The van der Waals surface area contributed by atoms with Crippen LogP contribution in [0.4, 0.5) is 5.69 Å². The number of benzene rings is 2. The Hall–Kier alpha value is -4.78. The van der Waals surface area contributed by atoms with Crippen LogP contribution in [0.1, 0.15) is 79.1 Å². The minimum Gasteiger partial charge on any atom is -0.465 e. The first-order valence-electron chi connectivity index (χ1n) is 20.7. The van der Waals surface area contributed by atoms with Crippen LogP contribution >= 0.6 is 18.9 Å². The van der Waals surface area contributed by atoms with Gasteiger partial charge in [0.2, 0.25) is 11.8 Å². The van der Waals surface area contributed by atoms with E-state index in [9.17, 15) is 23.7 Å². The molecule has 0 spiro atoms. The molecular weight excluding hydrogens is 788 g/mol. The largest absolute Gasteiger partial charge is 0.465 e. The Bertz CT molecular complexity index is 2260. The predicted octanol–water partition coefficient (Wildman–Crippen LogP) is 6.58. The molecule has 2 aromatic heterocycles. The summed E-state index contributed by atoms with van der Waals surface area (Å²) in [5.41, 5.74) is 2.91. The molecule has 5 heterocycles. The Morgan fingerprint density at radius 3 is 2.56 bits per heavy atom. The van der Waals surface area contributed by atoms with E-state index in [2.05, 4.69) is 20.3 Å². The molecule has 59 heavy (non-hydrogen) atoms. The first-order valence-corrected chi connectivity index (χ1v) is 23.4. The van der Waals surface area contributed by atoms with Crippen LogP contribution in [0.15, 0.2) is 73.1 Å². The Labute approximate surface area is 349 Å². The average molecular weight is 841 g/mol. The monoisotopic (exact) mass is 840 g/mol. The molecule has 2 N–H and O–H groups in total. The van der Waals surface area contributed by atoms with Crippen LogP contribution in [0.3, 0.4) is 0 Å². The van der Waals surface area contributed by atoms with Gasteiger partial charge < -0.3 is 29.3 Å². The highest BCUT2D eigenvalue weighted by Gasteiger charge is 2.52. The van der Waals surface area contributed by atoms with Crippen LogP contribution < -0.4 is 19.8 Å². The van der Waals surface area contributed by atoms with Gasteiger partial charge in [0, 0.05) is 67.5 Å². The second-order valence-electron chi connectivity index (χ2n) is 16.8. The number of nitrogens with one attached hydrogen (secondary N) is 2. The summed E-state index contributed by atoms with van der Waals surface area (Å²) in [5, 5.41) is 6.81. The van der Waals surface area contributed by atoms with E-state index in [0.29, 0.717) is 60.4 Å². The molecule has 0 bridgehead atoms. The number of para-hydroxylation sites is 1. The van der Waals surface area contributed by atoms with Crippen LogP contribution in [0.2, 0.25) is 0 Å². The first kappa shape index (κ1) is 41.0. The molecule has 7 atom stereocenters. The number of thiophene rings is 1. The molecule has 4 aliphatic rings. The molecule has 1 aliphatic carbocycles. The number of fused-ring (bicyclic) bond motifs is 3. The van der Waals surface area contributed by atoms with E-state index >= 15 is 0 Å². The maximum Gasteiger partial charge on any atom is 0.323 e. The van der Waals surface area contributed by atoms with Gasteiger partial charge >= 0.3 is 13.5 Å². The molecule has 4 fully saturated rings. The molecule has 3 saturated heterocycles. The van der Waals surface area contributed by atoms with E-state index in [1.165, 1.54) is 11.3 Å². The van der Waals surface area contributed by atoms with Gasteiger partial charge in [-0.15, -0.1) is 11.3 Å². The van der Waals surface area contributed by atoms with Crippen LogP contribution in [0.25, 0.3) is 10.1 Å². The van der Waals surface area contributed by atoms with Gasteiger partial charge in [0.05, 0.1) is 17.6 Å². The standard InChI is InChI=1S/C44H53N6O7PS/c1-5-17-56-44(54)27(2)47-58(55,57-34-9-7-6-8-10-34)26-28-11-14-39-31(18-28)22-40(59-39)41(51)46-36-21-30-19-29(30)20-33-12-13-38(50(33)42(36)52)43(53)49-24-32(25-49)35-23-45-16-15-37(35)48(3)4/h6-11,14-16,18,22-23,27,29-30,32-33,36,38H,5,12-13,17,19-21,24-26H2,1-4H3,(H,46,51)(H,47,55)/t27-,29-,30+,33+,36-,38-,58?/m0/s1. The maximum absolute atomic E-state index is 14.5. The van der Waals surface area contributed by atoms with Gasteiger partial charge in [0.15, 0.2) is 0 Å². The Kier molecular flexibility index (Phi) is 11.9. The van der Waals surface area contributed by atoms with Gasteiger partial charge in [-0.05, 0) is 105 Å². The number of carbonyl (C=O) groups is 4. The zero-order chi connectivity index (χ0) is 41.4. The van der Waals surface area contributed by atoms with E-state index in [-0.39, 0.29) is 42.5 Å². The summed E-state index contributed by atoms with van der Waals surface area (Å²) in [6.07, 6.45) is 8.24. The van der Waals surface area contributed by atoms with Crippen molar-refractivity contribution >= 4 is 58.3 Å². The highest BCUT2D eigenvalue weighted by molar-refractivity contribution is 7.56. The number of hydrogen-bond acceptors (Lipinski definition) is 10. The van der Waals surface area contributed by atoms with Crippen molar-refractivity contribution in [3.63, 3.8) is 0 Å². The molecule has 3 amide bonds. The third-order valence-electron chi connectivity index (χ3n) is 12.2. The van der Waals surface area contributed by atoms with Gasteiger partial charge in [-0.2, -0.15) is 0 Å². The fraction of sp³-hybridized carbons (Fsp3) is 0.477. The predicted molar refractivity (Wildman–Crippen MR) is 228 cm³/mol. The summed E-state index contributed by atoms with van der Waals surface area (Å²) in [5.74, 6) is 0.449. The van der Waals surface area contributed by atoms with Crippen molar-refractivity contribution in [1.29, 1.82) is 0 Å². The Balaban J connectivity index is 0.956. The van der Waals surface area contributed by atoms with Crippen molar-refractivity contribution in [2.75, 3.05) is 38.7 Å². The van der Waals surface area contributed by atoms with E-state index in [4.69, 9.17) is 9.26 Å². The number of pyridine rings is 1. The zero-order valence-electron chi connectivity index (χ0n) is 34.0. The molecule has 13 nitrogen and oxygen atoms in total. The smallest absolute Gasteiger partial charge is 0.323 e. The first-order chi connectivity index (χ1) is 28.4. The van der Waals surface area contributed by atoms with E-state index in [1.54, 1.807) is 43.5 Å². The fourth-order valence-electron chi connectivity index (χ4n) is 9.02. The molecule has 3 aliphatic heterocycles. The molecule has 1 saturated carbocycles. The second-order valence-corrected chi connectivity index (χ2v) is 19.9. The molecule has 15 heteroatoms. The molecule has 312 valence electrons. The summed E-state index contributed by atoms with van der Waals surface area (Å²) < 4.78 is 26.5. The SMILES string of the molecule is CCCOC(=O)[C@H](C)NP(=O)(Cc1ccc2sc(C(=O)N[C@H]3C[C@H]4C[C@H]4C[C@H]4CC[C@@H](C(=O)N5CC(c6cnccc6N(C)C)C5)N4C3=O)cc2c1)Oc1ccccc1. The molecule has 4 aromatic rings. The number of likely N-dealkylation sites (tertiary alicyclic amines) is 1. The van der Waals surface area contributed by atoms with E-state index in [0.717, 1.165) is 40.6 Å². The number of aromatic nitrogens is 1. The number of ether oxygens (including phenoxy) is 1. The third kappa shape index (κ3) is 8.90. The molecule has 0 radical (unpaired) electrons. The van der Waals surface area contributed by atoms with Crippen LogP contribution in [0.5, 0.6) is 5.75 Å². The topological polar surface area (TPSA) is 150 Å². The minimum atomic E-state index is -3.69. The van der Waals surface area contributed by atoms with Crippen molar-refractivity contribution in [2.45, 2.75) is 88.6 Å². The molecule has 2 aromatic carbocycles. The van der Waals surface area contributed by atoms with Crippen LogP contribution in [0, 0.1) is 11.8 Å². The number of rotatable bonds is 14. The number of carbonyl (C=O) groups excluding carboxylic acids is 4. The lowest BCUT2D eigenvalue weighted by atomic mass is 9.90. The Morgan fingerprint density at radius 2 is 1.80 bits per heavy atom. The van der Waals surface area contributed by atoms with Crippen molar-refractivity contribution in [3.05, 3.63) is 89.1 Å². The lowest BCUT2D eigenvalue weighted by Crippen LogP contribution is -2.59. The average Bonchev–Trinajstić information content (AvgIpc) is 3.55. The van der Waals surface area contributed by atoms with Gasteiger partial charge in [-0.3, -0.25) is 28.7 Å². The lowest BCUT2D eigenvalue weighted by molar-refractivity contribution is -0.149. The number of anilines is 1.